The van der Waals surface area contributed by atoms with Crippen molar-refractivity contribution in [3.63, 3.8) is 0 Å². The van der Waals surface area contributed by atoms with E-state index in [1.807, 2.05) is 12.3 Å². The minimum atomic E-state index is 0.639. The van der Waals surface area contributed by atoms with E-state index in [-0.39, 0.29) is 0 Å². The third kappa shape index (κ3) is 1.36. The van der Waals surface area contributed by atoms with Crippen LogP contribution in [0.4, 0.5) is 5.69 Å². The first-order chi connectivity index (χ1) is 7.36. The number of fused-ring (bicyclic) bond motifs is 1. The monoisotopic (exact) mass is 200 g/mol. The maximum atomic E-state index is 8.80. The Morgan fingerprint density at radius 2 is 2.40 bits per heavy atom. The molecule has 2 aliphatic heterocycles. The summed E-state index contributed by atoms with van der Waals surface area (Å²) in [5, 5.41) is 12.2. The van der Waals surface area contributed by atoms with Crippen molar-refractivity contribution < 1.29 is 0 Å². The zero-order chi connectivity index (χ0) is 10.3. The summed E-state index contributed by atoms with van der Waals surface area (Å²) in [4.78, 5) is 6.39. The molecule has 1 aromatic heterocycles. The second-order valence-electron chi connectivity index (χ2n) is 4.22. The van der Waals surface area contributed by atoms with Gasteiger partial charge in [-0.3, -0.25) is 4.98 Å². The van der Waals surface area contributed by atoms with E-state index in [1.165, 1.54) is 0 Å². The standard InChI is InChI=1S/C11H12N4/c12-2-8-1-10(5-13-3-8)15-6-9-4-14-11(9)7-15/h1,3,5,9,11,14H,4,6-7H2/t9-,11?/m1/s1. The third-order valence-corrected chi connectivity index (χ3v) is 3.30. The Balaban J connectivity index is 1.84. The average Bonchev–Trinajstić information content (AvgIpc) is 2.55. The molecule has 2 aliphatic rings. The Bertz CT molecular complexity index is 411. The predicted molar refractivity (Wildman–Crippen MR) is 56.4 cm³/mol. The summed E-state index contributed by atoms with van der Waals surface area (Å²) in [5.74, 6) is 0.788. The molecule has 15 heavy (non-hydrogen) atoms. The first kappa shape index (κ1) is 8.69. The number of anilines is 1. The van der Waals surface area contributed by atoms with Crippen LogP contribution in [-0.4, -0.2) is 30.7 Å². The van der Waals surface area contributed by atoms with Crippen LogP contribution in [0.1, 0.15) is 5.56 Å². The number of pyridine rings is 1. The van der Waals surface area contributed by atoms with E-state index < -0.39 is 0 Å². The van der Waals surface area contributed by atoms with Crippen LogP contribution in [0, 0.1) is 17.2 Å². The molecule has 4 nitrogen and oxygen atoms in total. The highest BCUT2D eigenvalue weighted by molar-refractivity contribution is 5.50. The fraction of sp³-hybridized carbons (Fsp3) is 0.455. The molecule has 3 heterocycles. The van der Waals surface area contributed by atoms with E-state index in [9.17, 15) is 0 Å². The van der Waals surface area contributed by atoms with Gasteiger partial charge >= 0.3 is 0 Å². The molecule has 0 aliphatic carbocycles. The van der Waals surface area contributed by atoms with Gasteiger partial charge in [-0.25, -0.2) is 0 Å². The molecule has 0 amide bonds. The second kappa shape index (κ2) is 3.21. The lowest BCUT2D eigenvalue weighted by Crippen LogP contribution is -2.51. The predicted octanol–water partition coefficient (Wildman–Crippen LogP) is 0.361. The Labute approximate surface area is 88.5 Å². The highest BCUT2D eigenvalue weighted by Gasteiger charge is 2.39. The van der Waals surface area contributed by atoms with E-state index in [1.54, 1.807) is 6.20 Å². The van der Waals surface area contributed by atoms with Gasteiger partial charge in [-0.05, 0) is 6.07 Å². The highest BCUT2D eigenvalue weighted by atomic mass is 15.2. The molecule has 0 aromatic carbocycles. The van der Waals surface area contributed by atoms with Crippen molar-refractivity contribution in [3.05, 3.63) is 24.0 Å². The van der Waals surface area contributed by atoms with Gasteiger partial charge in [0, 0.05) is 37.8 Å². The van der Waals surface area contributed by atoms with Crippen LogP contribution in [0.15, 0.2) is 18.5 Å². The molecule has 3 rings (SSSR count). The van der Waals surface area contributed by atoms with Crippen molar-refractivity contribution in [2.75, 3.05) is 24.5 Å². The number of nitrogens with one attached hydrogen (secondary N) is 1. The van der Waals surface area contributed by atoms with Gasteiger partial charge in [-0.15, -0.1) is 0 Å². The first-order valence-electron chi connectivity index (χ1n) is 5.20. The van der Waals surface area contributed by atoms with Gasteiger partial charge in [0.25, 0.3) is 0 Å². The third-order valence-electron chi connectivity index (χ3n) is 3.30. The lowest BCUT2D eigenvalue weighted by Gasteiger charge is -2.29. The fourth-order valence-corrected chi connectivity index (χ4v) is 2.32. The smallest absolute Gasteiger partial charge is 0.101 e. The Morgan fingerprint density at radius 3 is 3.00 bits per heavy atom. The van der Waals surface area contributed by atoms with Crippen LogP contribution >= 0.6 is 0 Å². The molecule has 2 saturated heterocycles. The number of nitrogens with zero attached hydrogens (tertiary/aromatic N) is 3. The van der Waals surface area contributed by atoms with E-state index in [2.05, 4.69) is 21.3 Å². The van der Waals surface area contributed by atoms with Gasteiger partial charge in [0.2, 0.25) is 0 Å². The summed E-state index contributed by atoms with van der Waals surface area (Å²) < 4.78 is 0. The largest absolute Gasteiger partial charge is 0.368 e. The van der Waals surface area contributed by atoms with E-state index in [4.69, 9.17) is 5.26 Å². The van der Waals surface area contributed by atoms with Gasteiger partial charge in [0.05, 0.1) is 17.4 Å². The van der Waals surface area contributed by atoms with Gasteiger partial charge in [-0.1, -0.05) is 0 Å². The molecule has 0 spiro atoms. The molecule has 2 atom stereocenters. The summed E-state index contributed by atoms with van der Waals surface area (Å²) in [7, 11) is 0. The average molecular weight is 200 g/mol. The zero-order valence-electron chi connectivity index (χ0n) is 8.35. The Morgan fingerprint density at radius 1 is 1.47 bits per heavy atom. The summed E-state index contributed by atoms with van der Waals surface area (Å²) in [6.07, 6.45) is 3.44. The van der Waals surface area contributed by atoms with Gasteiger partial charge in [-0.2, -0.15) is 5.26 Å². The number of nitriles is 1. The summed E-state index contributed by atoms with van der Waals surface area (Å²) in [5.41, 5.74) is 1.71. The minimum Gasteiger partial charge on any atom is -0.368 e. The minimum absolute atomic E-state index is 0.639. The van der Waals surface area contributed by atoms with Gasteiger partial charge in [0.1, 0.15) is 6.07 Å². The molecule has 0 radical (unpaired) electrons. The maximum Gasteiger partial charge on any atom is 0.101 e. The molecule has 0 bridgehead atoms. The van der Waals surface area contributed by atoms with Crippen molar-refractivity contribution in [1.82, 2.24) is 10.3 Å². The number of hydrogen-bond acceptors (Lipinski definition) is 4. The van der Waals surface area contributed by atoms with Gasteiger partial charge < -0.3 is 10.2 Å². The molecular formula is C11H12N4. The molecule has 0 saturated carbocycles. The van der Waals surface area contributed by atoms with E-state index >= 15 is 0 Å². The van der Waals surface area contributed by atoms with Crippen molar-refractivity contribution in [3.8, 4) is 6.07 Å². The van der Waals surface area contributed by atoms with Crippen molar-refractivity contribution in [2.24, 2.45) is 5.92 Å². The van der Waals surface area contributed by atoms with Crippen LogP contribution in [0.25, 0.3) is 0 Å². The highest BCUT2D eigenvalue weighted by Crippen LogP contribution is 2.27. The van der Waals surface area contributed by atoms with Crippen molar-refractivity contribution in [1.29, 1.82) is 5.26 Å². The van der Waals surface area contributed by atoms with E-state index in [0.29, 0.717) is 11.6 Å². The van der Waals surface area contributed by atoms with Gasteiger partial charge in [0.15, 0.2) is 0 Å². The zero-order valence-corrected chi connectivity index (χ0v) is 8.35. The quantitative estimate of drug-likeness (QED) is 0.711. The molecule has 1 unspecified atom stereocenters. The molecule has 4 heteroatoms. The van der Waals surface area contributed by atoms with Crippen LogP contribution in [0.5, 0.6) is 0 Å². The van der Waals surface area contributed by atoms with Crippen LogP contribution in [-0.2, 0) is 0 Å². The SMILES string of the molecule is N#Cc1cncc(N2CC3NC[C@@H]3C2)c1. The number of aromatic nitrogens is 1. The fourth-order valence-electron chi connectivity index (χ4n) is 2.32. The summed E-state index contributed by atoms with van der Waals surface area (Å²) in [6, 6.07) is 4.69. The number of hydrogen-bond donors (Lipinski definition) is 1. The molecular weight excluding hydrogens is 188 g/mol. The first-order valence-corrected chi connectivity index (χ1v) is 5.20. The number of rotatable bonds is 1. The normalized spacial score (nSPS) is 28.1. The Hall–Kier alpha value is -1.60. The summed E-state index contributed by atoms with van der Waals surface area (Å²) in [6.45, 7) is 3.27. The molecule has 2 fully saturated rings. The lowest BCUT2D eigenvalue weighted by atomic mass is 9.96. The molecule has 1 N–H and O–H groups in total. The molecule has 76 valence electrons. The topological polar surface area (TPSA) is 52.0 Å². The second-order valence-corrected chi connectivity index (χ2v) is 4.22. The van der Waals surface area contributed by atoms with Crippen LogP contribution in [0.3, 0.4) is 0 Å². The van der Waals surface area contributed by atoms with Crippen molar-refractivity contribution >= 4 is 5.69 Å². The Kier molecular flexibility index (Phi) is 1.86. The van der Waals surface area contributed by atoms with Crippen molar-refractivity contribution in [2.45, 2.75) is 6.04 Å². The molecule has 1 aromatic rings. The lowest BCUT2D eigenvalue weighted by molar-refractivity contribution is 0.297. The van der Waals surface area contributed by atoms with E-state index in [0.717, 1.165) is 31.2 Å². The van der Waals surface area contributed by atoms with Crippen LogP contribution in [0.2, 0.25) is 0 Å². The maximum absolute atomic E-state index is 8.80. The van der Waals surface area contributed by atoms with Crippen LogP contribution < -0.4 is 10.2 Å². The summed E-state index contributed by atoms with van der Waals surface area (Å²) >= 11 is 0.